The lowest BCUT2D eigenvalue weighted by Crippen LogP contribution is -2.54. The Kier molecular flexibility index (Phi) is 7.85. The second-order valence-corrected chi connectivity index (χ2v) is 11.1. The molecule has 206 valence electrons. The Labute approximate surface area is 216 Å². The highest BCUT2D eigenvalue weighted by Crippen LogP contribution is 2.36. The van der Waals surface area contributed by atoms with Crippen LogP contribution in [0.4, 0.5) is 13.2 Å². The van der Waals surface area contributed by atoms with E-state index in [4.69, 9.17) is 14.7 Å². The summed E-state index contributed by atoms with van der Waals surface area (Å²) in [4.78, 5) is 26.5. The molecule has 2 heterocycles. The summed E-state index contributed by atoms with van der Waals surface area (Å²) in [6, 6.07) is 10.1. The third-order valence-corrected chi connectivity index (χ3v) is 9.05. The van der Waals surface area contributed by atoms with Crippen LogP contribution < -0.4 is 15.0 Å². The highest BCUT2D eigenvalue weighted by Gasteiger charge is 2.52. The van der Waals surface area contributed by atoms with Crippen molar-refractivity contribution >= 4 is 21.7 Å². The standard InChI is InChI=1S/C24H25F3N2O8S/c25-24(26,27)37-18-3-1-16(2-4-18)21(30)29-12-9-19(15-29)36-17-5-7-20(8-6-17)38(33,34)23(22(31)28-32)10-13-35-14-11-23/h1-8,19,32H,9-15H2,(H,28,31)/t19-/m0/s1. The highest BCUT2D eigenvalue weighted by atomic mass is 32.2. The molecule has 0 bridgehead atoms. The summed E-state index contributed by atoms with van der Waals surface area (Å²) in [7, 11) is -4.17. The number of hydrogen-bond acceptors (Lipinski definition) is 8. The zero-order chi connectivity index (χ0) is 27.6. The van der Waals surface area contributed by atoms with E-state index in [1.807, 2.05) is 0 Å². The molecule has 0 saturated carbocycles. The first-order valence-electron chi connectivity index (χ1n) is 11.6. The van der Waals surface area contributed by atoms with Crippen molar-refractivity contribution in [1.82, 2.24) is 10.4 Å². The number of carbonyl (C=O) groups is 2. The van der Waals surface area contributed by atoms with Crippen LogP contribution in [-0.2, 0) is 19.4 Å². The Balaban J connectivity index is 1.39. The van der Waals surface area contributed by atoms with Gasteiger partial charge in [-0.25, -0.2) is 13.9 Å². The Morgan fingerprint density at radius 2 is 1.63 bits per heavy atom. The molecule has 0 radical (unpaired) electrons. The van der Waals surface area contributed by atoms with Gasteiger partial charge in [0.15, 0.2) is 14.6 Å². The molecule has 0 aliphatic carbocycles. The Morgan fingerprint density at radius 1 is 1.03 bits per heavy atom. The van der Waals surface area contributed by atoms with Crippen molar-refractivity contribution in [3.8, 4) is 11.5 Å². The molecule has 2 aliphatic heterocycles. The summed E-state index contributed by atoms with van der Waals surface area (Å²) in [5.74, 6) is -1.47. The van der Waals surface area contributed by atoms with Crippen LogP contribution in [-0.4, -0.2) is 73.9 Å². The minimum atomic E-state index is -4.83. The first-order chi connectivity index (χ1) is 17.9. The van der Waals surface area contributed by atoms with E-state index < -0.39 is 38.7 Å². The molecule has 14 heteroatoms. The average Bonchev–Trinajstić information content (AvgIpc) is 3.36. The van der Waals surface area contributed by atoms with E-state index in [0.717, 1.165) is 12.1 Å². The van der Waals surface area contributed by atoms with Crippen molar-refractivity contribution in [2.24, 2.45) is 0 Å². The topological polar surface area (TPSA) is 131 Å². The number of carbonyl (C=O) groups excluding carboxylic acids is 2. The molecule has 2 aromatic carbocycles. The van der Waals surface area contributed by atoms with E-state index in [2.05, 4.69) is 4.74 Å². The minimum Gasteiger partial charge on any atom is -0.489 e. The molecule has 4 rings (SSSR count). The van der Waals surface area contributed by atoms with Gasteiger partial charge in [0.05, 0.1) is 11.4 Å². The zero-order valence-corrected chi connectivity index (χ0v) is 20.8. The maximum absolute atomic E-state index is 13.3. The monoisotopic (exact) mass is 558 g/mol. The number of benzene rings is 2. The second kappa shape index (κ2) is 10.8. The second-order valence-electron chi connectivity index (χ2n) is 8.87. The molecule has 0 spiro atoms. The van der Waals surface area contributed by atoms with Gasteiger partial charge in [-0.2, -0.15) is 0 Å². The van der Waals surface area contributed by atoms with Crippen LogP contribution in [0.15, 0.2) is 53.4 Å². The van der Waals surface area contributed by atoms with Crippen LogP contribution >= 0.6 is 0 Å². The van der Waals surface area contributed by atoms with Gasteiger partial charge in [0.1, 0.15) is 17.6 Å². The molecule has 1 atom stereocenters. The molecule has 2 aliphatic rings. The van der Waals surface area contributed by atoms with Gasteiger partial charge in [0, 0.05) is 31.7 Å². The fourth-order valence-electron chi connectivity index (χ4n) is 4.53. The third-order valence-electron chi connectivity index (χ3n) is 6.53. The smallest absolute Gasteiger partial charge is 0.489 e. The first kappa shape index (κ1) is 27.7. The number of nitrogens with one attached hydrogen (secondary N) is 1. The molecule has 2 N–H and O–H groups in total. The van der Waals surface area contributed by atoms with Crippen molar-refractivity contribution in [2.45, 2.75) is 41.4 Å². The number of halogens is 3. The summed E-state index contributed by atoms with van der Waals surface area (Å²) in [6.07, 6.45) is -4.95. The number of nitrogens with zero attached hydrogens (tertiary/aromatic N) is 1. The number of likely N-dealkylation sites (tertiary alicyclic amines) is 1. The van der Waals surface area contributed by atoms with Crippen molar-refractivity contribution in [2.75, 3.05) is 26.3 Å². The van der Waals surface area contributed by atoms with E-state index in [9.17, 15) is 31.2 Å². The Bertz CT molecular complexity index is 1260. The largest absolute Gasteiger partial charge is 0.573 e. The van der Waals surface area contributed by atoms with Gasteiger partial charge in [0.25, 0.3) is 11.8 Å². The summed E-state index contributed by atoms with van der Waals surface area (Å²) >= 11 is 0. The molecule has 10 nitrogen and oxygen atoms in total. The van der Waals surface area contributed by atoms with Crippen LogP contribution in [0.3, 0.4) is 0 Å². The predicted molar refractivity (Wildman–Crippen MR) is 124 cm³/mol. The summed E-state index contributed by atoms with van der Waals surface area (Å²) in [5.41, 5.74) is 1.66. The molecule has 0 unspecified atom stereocenters. The number of amides is 2. The number of alkyl halides is 3. The molecule has 2 aromatic rings. The lowest BCUT2D eigenvalue weighted by atomic mass is 9.98. The van der Waals surface area contributed by atoms with Gasteiger partial charge in [-0.15, -0.1) is 13.2 Å². The zero-order valence-electron chi connectivity index (χ0n) is 19.9. The number of rotatable bonds is 7. The highest BCUT2D eigenvalue weighted by molar-refractivity contribution is 7.93. The molecular weight excluding hydrogens is 533 g/mol. The van der Waals surface area contributed by atoms with Crippen LogP contribution in [0.2, 0.25) is 0 Å². The normalized spacial score (nSPS) is 19.6. The lowest BCUT2D eigenvalue weighted by molar-refractivity contribution is -0.274. The van der Waals surface area contributed by atoms with Gasteiger partial charge in [-0.05, 0) is 61.4 Å². The third kappa shape index (κ3) is 5.71. The van der Waals surface area contributed by atoms with Gasteiger partial charge in [-0.1, -0.05) is 0 Å². The lowest BCUT2D eigenvalue weighted by Gasteiger charge is -2.34. The molecule has 2 saturated heterocycles. The van der Waals surface area contributed by atoms with Gasteiger partial charge in [0.2, 0.25) is 0 Å². The van der Waals surface area contributed by atoms with Gasteiger partial charge in [-0.3, -0.25) is 14.8 Å². The molecular formula is C24H25F3N2O8S. The summed E-state index contributed by atoms with van der Waals surface area (Å²) < 4.78 is 76.7. The average molecular weight is 559 g/mol. The van der Waals surface area contributed by atoms with Crippen LogP contribution in [0, 0.1) is 0 Å². The maximum Gasteiger partial charge on any atom is 0.573 e. The van der Waals surface area contributed by atoms with Crippen LogP contribution in [0.25, 0.3) is 0 Å². The first-order valence-corrected chi connectivity index (χ1v) is 13.1. The molecule has 2 amide bonds. The molecule has 2 fully saturated rings. The van der Waals surface area contributed by atoms with E-state index in [1.165, 1.54) is 46.8 Å². The van der Waals surface area contributed by atoms with E-state index in [0.29, 0.717) is 18.7 Å². The summed E-state index contributed by atoms with van der Waals surface area (Å²) in [5, 5.41) is 9.15. The Hall–Kier alpha value is -3.36. The summed E-state index contributed by atoms with van der Waals surface area (Å²) in [6.45, 7) is 0.684. The fourth-order valence-corrected chi connectivity index (χ4v) is 6.47. The number of hydroxylamine groups is 1. The van der Waals surface area contributed by atoms with Crippen molar-refractivity contribution in [1.29, 1.82) is 0 Å². The van der Waals surface area contributed by atoms with E-state index >= 15 is 0 Å². The van der Waals surface area contributed by atoms with Gasteiger partial charge < -0.3 is 19.1 Å². The minimum absolute atomic E-state index is 0.0518. The molecule has 38 heavy (non-hydrogen) atoms. The van der Waals surface area contributed by atoms with E-state index in [-0.39, 0.29) is 49.0 Å². The van der Waals surface area contributed by atoms with Crippen LogP contribution in [0.1, 0.15) is 29.6 Å². The SMILES string of the molecule is O=C(c1ccc(OC(F)(F)F)cc1)N1CC[C@H](Oc2ccc(S(=O)(=O)C3(C(=O)NO)CCOCC3)cc2)C1. The fraction of sp³-hybridized carbons (Fsp3) is 0.417. The van der Waals surface area contributed by atoms with Crippen molar-refractivity contribution < 1.29 is 50.6 Å². The quantitative estimate of drug-likeness (QED) is 0.392. The van der Waals surface area contributed by atoms with E-state index in [1.54, 1.807) is 0 Å². The van der Waals surface area contributed by atoms with Crippen molar-refractivity contribution in [3.05, 3.63) is 54.1 Å². The number of ether oxygens (including phenoxy) is 3. The van der Waals surface area contributed by atoms with Crippen molar-refractivity contribution in [3.63, 3.8) is 0 Å². The maximum atomic E-state index is 13.3. The van der Waals surface area contributed by atoms with Crippen LogP contribution in [0.5, 0.6) is 11.5 Å². The molecule has 0 aromatic heterocycles. The number of sulfone groups is 1. The predicted octanol–water partition coefficient (Wildman–Crippen LogP) is 2.71. The Morgan fingerprint density at radius 3 is 2.21 bits per heavy atom. The van der Waals surface area contributed by atoms with Gasteiger partial charge >= 0.3 is 6.36 Å². The number of hydrogen-bond donors (Lipinski definition) is 2.